The number of hydrogen-bond acceptors (Lipinski definition) is 2. The number of anilines is 1. The quantitative estimate of drug-likeness (QED) is 0.735. The normalized spacial score (nSPS) is 10.9. The number of rotatable bonds is 7. The van der Waals surface area contributed by atoms with Crippen molar-refractivity contribution in [1.29, 1.82) is 0 Å². The largest absolute Gasteiger partial charge is 0.373 e. The highest BCUT2D eigenvalue weighted by Crippen LogP contribution is 2.12. The summed E-state index contributed by atoms with van der Waals surface area (Å²) in [5, 5.41) is 3.40. The lowest BCUT2D eigenvalue weighted by molar-refractivity contribution is 0.539. The lowest BCUT2D eigenvalue weighted by Crippen LogP contribution is -2.30. The van der Waals surface area contributed by atoms with Crippen LogP contribution in [0.15, 0.2) is 24.3 Å². The van der Waals surface area contributed by atoms with Crippen LogP contribution >= 0.6 is 0 Å². The van der Waals surface area contributed by atoms with Crippen LogP contribution in [-0.4, -0.2) is 26.7 Å². The molecule has 2 nitrogen and oxygen atoms in total. The van der Waals surface area contributed by atoms with E-state index in [9.17, 15) is 4.39 Å². The molecule has 3 heteroatoms. The third-order valence-electron chi connectivity index (χ3n) is 2.77. The highest BCUT2D eigenvalue weighted by molar-refractivity contribution is 5.45. The van der Waals surface area contributed by atoms with E-state index in [1.807, 2.05) is 13.1 Å². The Bertz CT molecular complexity index is 326. The van der Waals surface area contributed by atoms with Gasteiger partial charge in [0.2, 0.25) is 0 Å². The third kappa shape index (κ3) is 5.68. The summed E-state index contributed by atoms with van der Waals surface area (Å²) >= 11 is 0. The van der Waals surface area contributed by atoms with Gasteiger partial charge < -0.3 is 10.2 Å². The van der Waals surface area contributed by atoms with Gasteiger partial charge in [-0.25, -0.2) is 4.39 Å². The van der Waals surface area contributed by atoms with E-state index in [4.69, 9.17) is 0 Å². The standard InChI is InChI=1S/C14H23FN2/c1-12(2)7-8-16-9-10-17(3)14-6-4-5-13(15)11-14/h4-6,11-12,16H,7-10H2,1-3H3. The SMILES string of the molecule is CC(C)CCNCCN(C)c1cccc(F)c1. The molecule has 0 unspecified atom stereocenters. The van der Waals surface area contributed by atoms with Gasteiger partial charge in [-0.3, -0.25) is 0 Å². The van der Waals surface area contributed by atoms with Crippen LogP contribution in [0, 0.1) is 11.7 Å². The van der Waals surface area contributed by atoms with E-state index in [-0.39, 0.29) is 5.82 Å². The molecule has 0 fully saturated rings. The number of benzene rings is 1. The second-order valence-electron chi connectivity index (χ2n) is 4.83. The van der Waals surface area contributed by atoms with E-state index >= 15 is 0 Å². The summed E-state index contributed by atoms with van der Waals surface area (Å²) < 4.78 is 13.0. The molecular weight excluding hydrogens is 215 g/mol. The van der Waals surface area contributed by atoms with Crippen molar-refractivity contribution >= 4 is 5.69 Å². The highest BCUT2D eigenvalue weighted by atomic mass is 19.1. The molecule has 0 aliphatic heterocycles. The number of hydrogen-bond donors (Lipinski definition) is 1. The minimum atomic E-state index is -0.179. The summed E-state index contributed by atoms with van der Waals surface area (Å²) in [6.07, 6.45) is 1.20. The van der Waals surface area contributed by atoms with Gasteiger partial charge in [0.25, 0.3) is 0 Å². The van der Waals surface area contributed by atoms with E-state index in [0.29, 0.717) is 0 Å². The van der Waals surface area contributed by atoms with Crippen molar-refractivity contribution in [2.45, 2.75) is 20.3 Å². The summed E-state index contributed by atoms with van der Waals surface area (Å²) in [7, 11) is 1.99. The molecule has 0 aliphatic rings. The van der Waals surface area contributed by atoms with E-state index in [0.717, 1.165) is 31.2 Å². The van der Waals surface area contributed by atoms with Gasteiger partial charge in [-0.15, -0.1) is 0 Å². The predicted octanol–water partition coefficient (Wildman–Crippen LogP) is 2.90. The van der Waals surface area contributed by atoms with Crippen molar-refractivity contribution in [3.05, 3.63) is 30.1 Å². The molecule has 0 atom stereocenters. The third-order valence-corrected chi connectivity index (χ3v) is 2.77. The number of nitrogens with one attached hydrogen (secondary N) is 1. The van der Waals surface area contributed by atoms with Gasteiger partial charge in [0.05, 0.1) is 0 Å². The fourth-order valence-electron chi connectivity index (χ4n) is 1.61. The number of nitrogens with zero attached hydrogens (tertiary/aromatic N) is 1. The Morgan fingerprint density at radius 2 is 2.06 bits per heavy atom. The molecule has 0 bridgehead atoms. The van der Waals surface area contributed by atoms with Crippen molar-refractivity contribution in [2.75, 3.05) is 31.6 Å². The number of likely N-dealkylation sites (N-methyl/N-ethyl adjacent to an activating group) is 1. The molecule has 1 rings (SSSR count). The molecule has 1 N–H and O–H groups in total. The average molecular weight is 238 g/mol. The van der Waals surface area contributed by atoms with Crippen molar-refractivity contribution in [3.63, 3.8) is 0 Å². The summed E-state index contributed by atoms with van der Waals surface area (Å²) in [6.45, 7) is 7.32. The van der Waals surface area contributed by atoms with E-state index in [2.05, 4.69) is 24.1 Å². The Kier molecular flexibility index (Phi) is 5.98. The summed E-state index contributed by atoms with van der Waals surface area (Å²) in [5.74, 6) is 0.561. The van der Waals surface area contributed by atoms with Gasteiger partial charge in [-0.05, 0) is 37.1 Å². The van der Waals surface area contributed by atoms with Crippen molar-refractivity contribution in [3.8, 4) is 0 Å². The van der Waals surface area contributed by atoms with Crippen LogP contribution in [0.4, 0.5) is 10.1 Å². The average Bonchev–Trinajstić information content (AvgIpc) is 2.28. The molecule has 0 aliphatic carbocycles. The van der Waals surface area contributed by atoms with Gasteiger partial charge in [0.1, 0.15) is 5.82 Å². The molecule has 96 valence electrons. The maximum Gasteiger partial charge on any atom is 0.125 e. The van der Waals surface area contributed by atoms with Crippen LogP contribution in [0.1, 0.15) is 20.3 Å². The van der Waals surface area contributed by atoms with Crippen LogP contribution in [0.5, 0.6) is 0 Å². The van der Waals surface area contributed by atoms with Crippen LogP contribution in [0.3, 0.4) is 0 Å². The first-order valence-corrected chi connectivity index (χ1v) is 6.27. The van der Waals surface area contributed by atoms with Crippen LogP contribution in [-0.2, 0) is 0 Å². The topological polar surface area (TPSA) is 15.3 Å². The molecule has 17 heavy (non-hydrogen) atoms. The zero-order valence-electron chi connectivity index (χ0n) is 11.0. The van der Waals surface area contributed by atoms with Crippen molar-refractivity contribution < 1.29 is 4.39 Å². The fourth-order valence-corrected chi connectivity index (χ4v) is 1.61. The Morgan fingerprint density at radius 1 is 1.29 bits per heavy atom. The van der Waals surface area contributed by atoms with E-state index in [1.54, 1.807) is 12.1 Å². The molecule has 0 spiro atoms. The Labute approximate surface area is 104 Å². The van der Waals surface area contributed by atoms with Crippen LogP contribution < -0.4 is 10.2 Å². The first-order chi connectivity index (χ1) is 8.09. The number of halogens is 1. The maximum absolute atomic E-state index is 13.0. The summed E-state index contributed by atoms with van der Waals surface area (Å²) in [4.78, 5) is 2.06. The predicted molar refractivity (Wildman–Crippen MR) is 72.0 cm³/mol. The molecule has 0 saturated carbocycles. The maximum atomic E-state index is 13.0. The summed E-state index contributed by atoms with van der Waals surface area (Å²) in [5.41, 5.74) is 0.927. The van der Waals surface area contributed by atoms with Gasteiger partial charge in [0, 0.05) is 25.8 Å². The monoisotopic (exact) mass is 238 g/mol. The summed E-state index contributed by atoms with van der Waals surface area (Å²) in [6, 6.07) is 6.71. The Hall–Kier alpha value is -1.09. The molecule has 0 aromatic heterocycles. The molecule has 0 radical (unpaired) electrons. The van der Waals surface area contributed by atoms with Crippen LogP contribution in [0.25, 0.3) is 0 Å². The minimum Gasteiger partial charge on any atom is -0.373 e. The van der Waals surface area contributed by atoms with E-state index < -0.39 is 0 Å². The lowest BCUT2D eigenvalue weighted by Gasteiger charge is -2.19. The van der Waals surface area contributed by atoms with Crippen molar-refractivity contribution in [2.24, 2.45) is 5.92 Å². The highest BCUT2D eigenvalue weighted by Gasteiger charge is 2.01. The van der Waals surface area contributed by atoms with Crippen LogP contribution in [0.2, 0.25) is 0 Å². The first kappa shape index (κ1) is 14.0. The Morgan fingerprint density at radius 3 is 2.71 bits per heavy atom. The molecule has 0 heterocycles. The molecule has 0 saturated heterocycles. The second-order valence-corrected chi connectivity index (χ2v) is 4.83. The van der Waals surface area contributed by atoms with E-state index in [1.165, 1.54) is 12.5 Å². The van der Waals surface area contributed by atoms with Gasteiger partial charge in [-0.2, -0.15) is 0 Å². The smallest absolute Gasteiger partial charge is 0.125 e. The minimum absolute atomic E-state index is 0.179. The molecule has 0 amide bonds. The van der Waals surface area contributed by atoms with Gasteiger partial charge in [0.15, 0.2) is 0 Å². The Balaban J connectivity index is 2.23. The molecular formula is C14H23FN2. The molecule has 1 aromatic carbocycles. The second kappa shape index (κ2) is 7.28. The lowest BCUT2D eigenvalue weighted by atomic mass is 10.1. The fraction of sp³-hybridized carbons (Fsp3) is 0.571. The van der Waals surface area contributed by atoms with Crippen molar-refractivity contribution in [1.82, 2.24) is 5.32 Å². The first-order valence-electron chi connectivity index (χ1n) is 6.27. The van der Waals surface area contributed by atoms with Gasteiger partial charge >= 0.3 is 0 Å². The van der Waals surface area contributed by atoms with Gasteiger partial charge in [-0.1, -0.05) is 19.9 Å². The zero-order chi connectivity index (χ0) is 12.7. The molecule has 1 aromatic rings. The zero-order valence-corrected chi connectivity index (χ0v) is 11.0.